The molecule has 0 atom stereocenters. The van der Waals surface area contributed by atoms with E-state index in [4.69, 9.17) is 4.98 Å². The summed E-state index contributed by atoms with van der Waals surface area (Å²) in [4.78, 5) is 6.24. The van der Waals surface area contributed by atoms with E-state index in [2.05, 4.69) is 37.4 Å². The first kappa shape index (κ1) is 10.9. The minimum absolute atomic E-state index is 0.927. The van der Waals surface area contributed by atoms with Gasteiger partial charge in [-0.05, 0) is 31.9 Å². The molecule has 2 aromatic rings. The van der Waals surface area contributed by atoms with Crippen LogP contribution >= 0.6 is 11.3 Å². The molecule has 2 nitrogen and oxygen atoms in total. The summed E-state index contributed by atoms with van der Waals surface area (Å²) in [7, 11) is 0. The summed E-state index contributed by atoms with van der Waals surface area (Å²) in [5.74, 6) is 0. The predicted octanol–water partition coefficient (Wildman–Crippen LogP) is 3.07. The zero-order valence-electron chi connectivity index (χ0n) is 10.2. The van der Waals surface area contributed by atoms with Gasteiger partial charge >= 0.3 is 0 Å². The summed E-state index contributed by atoms with van der Waals surface area (Å²) in [5, 5.41) is 4.56. The second-order valence-corrected chi connectivity index (χ2v) is 5.72. The van der Waals surface area contributed by atoms with Crippen LogP contribution in [0.15, 0.2) is 18.2 Å². The van der Waals surface area contributed by atoms with Gasteiger partial charge in [-0.25, -0.2) is 4.98 Å². The fraction of sp³-hybridized carbons (Fsp3) is 0.357. The Labute approximate surface area is 106 Å². The molecule has 0 aliphatic carbocycles. The van der Waals surface area contributed by atoms with Crippen molar-refractivity contribution in [1.82, 2.24) is 10.3 Å². The van der Waals surface area contributed by atoms with Gasteiger partial charge in [0.15, 0.2) is 0 Å². The van der Waals surface area contributed by atoms with E-state index in [1.165, 1.54) is 32.3 Å². The summed E-state index contributed by atoms with van der Waals surface area (Å²) < 4.78 is 0. The second kappa shape index (κ2) is 4.24. The lowest BCUT2D eigenvalue weighted by atomic mass is 10.1. The third-order valence-electron chi connectivity index (χ3n) is 3.22. The average Bonchev–Trinajstić information content (AvgIpc) is 2.75. The van der Waals surface area contributed by atoms with Crippen molar-refractivity contribution in [2.45, 2.75) is 26.8 Å². The molecule has 1 aromatic heterocycles. The Balaban J connectivity index is 2.08. The van der Waals surface area contributed by atoms with Gasteiger partial charge in [-0.15, -0.1) is 11.3 Å². The Morgan fingerprint density at radius 1 is 1.29 bits per heavy atom. The quantitative estimate of drug-likeness (QED) is 0.834. The highest BCUT2D eigenvalue weighted by molar-refractivity contribution is 7.15. The number of aryl methyl sites for hydroxylation is 2. The van der Waals surface area contributed by atoms with Gasteiger partial charge in [-0.3, -0.25) is 0 Å². The molecule has 88 valence electrons. The molecule has 0 amide bonds. The molecule has 2 heterocycles. The van der Waals surface area contributed by atoms with Gasteiger partial charge in [0.25, 0.3) is 0 Å². The number of aromatic nitrogens is 1. The molecule has 0 spiro atoms. The Kier molecular flexibility index (Phi) is 2.73. The molecular formula is C14H16N2S. The lowest BCUT2D eigenvalue weighted by Gasteiger charge is -2.09. The Morgan fingerprint density at radius 2 is 2.18 bits per heavy atom. The molecule has 0 radical (unpaired) electrons. The molecule has 17 heavy (non-hydrogen) atoms. The minimum Gasteiger partial charge on any atom is -0.311 e. The first-order valence-corrected chi connectivity index (χ1v) is 6.82. The number of hydrogen-bond donors (Lipinski definition) is 1. The third-order valence-corrected chi connectivity index (χ3v) is 4.41. The van der Waals surface area contributed by atoms with Crippen LogP contribution in [0.3, 0.4) is 0 Å². The maximum absolute atomic E-state index is 4.78. The van der Waals surface area contributed by atoms with Gasteiger partial charge in [0.1, 0.15) is 5.01 Å². The van der Waals surface area contributed by atoms with Crippen LogP contribution in [0.2, 0.25) is 0 Å². The molecular weight excluding hydrogens is 228 g/mol. The summed E-state index contributed by atoms with van der Waals surface area (Å²) in [6.07, 6.45) is 1.12. The number of fused-ring (bicyclic) bond motifs is 1. The summed E-state index contributed by atoms with van der Waals surface area (Å²) in [6.45, 7) is 6.31. The van der Waals surface area contributed by atoms with Gasteiger partial charge in [0, 0.05) is 23.5 Å². The Hall–Kier alpha value is -1.19. The lowest BCUT2D eigenvalue weighted by molar-refractivity contribution is 0.639. The Morgan fingerprint density at radius 3 is 3.00 bits per heavy atom. The van der Waals surface area contributed by atoms with E-state index in [0.717, 1.165) is 19.5 Å². The number of hydrogen-bond acceptors (Lipinski definition) is 3. The normalized spacial score (nSPS) is 14.7. The summed E-state index contributed by atoms with van der Waals surface area (Å²) >= 11 is 1.86. The van der Waals surface area contributed by atoms with E-state index in [9.17, 15) is 0 Å². The second-order valence-electron chi connectivity index (χ2n) is 4.63. The van der Waals surface area contributed by atoms with Gasteiger partial charge in [0.2, 0.25) is 0 Å². The van der Waals surface area contributed by atoms with E-state index in [1.54, 1.807) is 0 Å². The molecule has 1 N–H and O–H groups in total. The number of nitrogens with zero attached hydrogens (tertiary/aromatic N) is 1. The number of benzene rings is 1. The van der Waals surface area contributed by atoms with Crippen LogP contribution in [0.25, 0.3) is 10.6 Å². The standard InChI is InChI=1S/C14H16N2S/c1-9-3-4-10(2)11(7-9)14-16-12-8-15-6-5-13(12)17-14/h3-4,7,15H,5-6,8H2,1-2H3. The first-order chi connectivity index (χ1) is 8.24. The third kappa shape index (κ3) is 2.01. The van der Waals surface area contributed by atoms with Gasteiger partial charge < -0.3 is 5.32 Å². The lowest BCUT2D eigenvalue weighted by Crippen LogP contribution is -2.22. The highest BCUT2D eigenvalue weighted by atomic mass is 32.1. The molecule has 0 unspecified atom stereocenters. The fourth-order valence-electron chi connectivity index (χ4n) is 2.21. The molecule has 3 heteroatoms. The molecule has 1 aliphatic heterocycles. The zero-order chi connectivity index (χ0) is 11.8. The van der Waals surface area contributed by atoms with Crippen molar-refractivity contribution in [3.05, 3.63) is 39.9 Å². The van der Waals surface area contributed by atoms with E-state index >= 15 is 0 Å². The van der Waals surface area contributed by atoms with Gasteiger partial charge in [-0.2, -0.15) is 0 Å². The topological polar surface area (TPSA) is 24.9 Å². The maximum Gasteiger partial charge on any atom is 0.124 e. The van der Waals surface area contributed by atoms with Crippen molar-refractivity contribution in [3.8, 4) is 10.6 Å². The highest BCUT2D eigenvalue weighted by Crippen LogP contribution is 2.32. The number of nitrogens with one attached hydrogen (secondary N) is 1. The molecule has 1 aliphatic rings. The predicted molar refractivity (Wildman–Crippen MR) is 72.4 cm³/mol. The molecule has 0 bridgehead atoms. The van der Waals surface area contributed by atoms with E-state index in [-0.39, 0.29) is 0 Å². The van der Waals surface area contributed by atoms with Crippen LogP contribution in [0.4, 0.5) is 0 Å². The monoisotopic (exact) mass is 244 g/mol. The minimum atomic E-state index is 0.927. The van der Waals surface area contributed by atoms with Crippen LogP contribution < -0.4 is 5.32 Å². The van der Waals surface area contributed by atoms with Crippen molar-refractivity contribution < 1.29 is 0 Å². The van der Waals surface area contributed by atoms with Gasteiger partial charge in [-0.1, -0.05) is 17.7 Å². The average molecular weight is 244 g/mol. The van der Waals surface area contributed by atoms with Gasteiger partial charge in [0.05, 0.1) is 5.69 Å². The van der Waals surface area contributed by atoms with E-state index in [1.807, 2.05) is 11.3 Å². The van der Waals surface area contributed by atoms with Crippen LogP contribution in [0.5, 0.6) is 0 Å². The van der Waals surface area contributed by atoms with Crippen molar-refractivity contribution in [2.24, 2.45) is 0 Å². The molecule has 1 aromatic carbocycles. The Bertz CT molecular complexity index is 534. The van der Waals surface area contributed by atoms with Crippen LogP contribution in [0, 0.1) is 13.8 Å². The summed E-state index contributed by atoms with van der Waals surface area (Å²) in [5.41, 5.74) is 5.16. The molecule has 0 fully saturated rings. The largest absolute Gasteiger partial charge is 0.311 e. The van der Waals surface area contributed by atoms with Crippen LogP contribution in [-0.4, -0.2) is 11.5 Å². The molecule has 3 rings (SSSR count). The maximum atomic E-state index is 4.78. The van der Waals surface area contributed by atoms with E-state index < -0.39 is 0 Å². The zero-order valence-corrected chi connectivity index (χ0v) is 11.0. The van der Waals surface area contributed by atoms with Crippen molar-refractivity contribution in [1.29, 1.82) is 0 Å². The first-order valence-electron chi connectivity index (χ1n) is 6.01. The SMILES string of the molecule is Cc1ccc(C)c(-c2nc3c(s2)CCNC3)c1. The fourth-order valence-corrected chi connectivity index (χ4v) is 3.37. The number of thiazole rings is 1. The molecule has 0 saturated heterocycles. The van der Waals surface area contributed by atoms with Crippen molar-refractivity contribution in [3.63, 3.8) is 0 Å². The van der Waals surface area contributed by atoms with Crippen LogP contribution in [-0.2, 0) is 13.0 Å². The number of rotatable bonds is 1. The van der Waals surface area contributed by atoms with Crippen LogP contribution in [0.1, 0.15) is 21.7 Å². The molecule has 0 saturated carbocycles. The van der Waals surface area contributed by atoms with Crippen molar-refractivity contribution >= 4 is 11.3 Å². The van der Waals surface area contributed by atoms with E-state index in [0.29, 0.717) is 0 Å². The summed E-state index contributed by atoms with van der Waals surface area (Å²) in [6, 6.07) is 6.59. The smallest absolute Gasteiger partial charge is 0.124 e. The van der Waals surface area contributed by atoms with Crippen molar-refractivity contribution in [2.75, 3.05) is 6.54 Å². The highest BCUT2D eigenvalue weighted by Gasteiger charge is 2.16.